The molecule has 0 radical (unpaired) electrons. The van der Waals surface area contributed by atoms with Gasteiger partial charge in [-0.1, -0.05) is 12.1 Å². The minimum atomic E-state index is -2.78. The molecule has 0 fully saturated rings. The number of aromatic nitrogens is 4. The Kier molecular flexibility index (Phi) is 3.83. The molecule has 1 aromatic carbocycles. The Labute approximate surface area is 129 Å². The first-order chi connectivity index (χ1) is 11.0. The largest absolute Gasteiger partial charge is 0.368 e. The van der Waals surface area contributed by atoms with Crippen molar-refractivity contribution in [2.75, 3.05) is 5.32 Å². The summed E-state index contributed by atoms with van der Waals surface area (Å²) < 4.78 is 27.2. The van der Waals surface area contributed by atoms with Crippen LogP contribution < -0.4 is 11.1 Å². The third-order valence-electron chi connectivity index (χ3n) is 3.03. The third-order valence-corrected chi connectivity index (χ3v) is 3.03. The molecule has 3 N–H and O–H groups in total. The summed E-state index contributed by atoms with van der Waals surface area (Å²) in [6.45, 7) is -0.0749. The first kappa shape index (κ1) is 14.8. The van der Waals surface area contributed by atoms with Gasteiger partial charge in [0.2, 0.25) is 5.91 Å². The molecule has 0 saturated carbocycles. The Morgan fingerprint density at radius 1 is 1.30 bits per heavy atom. The van der Waals surface area contributed by atoms with Gasteiger partial charge >= 0.3 is 0 Å². The van der Waals surface area contributed by atoms with E-state index >= 15 is 0 Å². The van der Waals surface area contributed by atoms with Gasteiger partial charge < -0.3 is 11.1 Å². The lowest BCUT2D eigenvalue weighted by Crippen LogP contribution is -2.18. The Balaban J connectivity index is 1.98. The molecule has 0 aliphatic rings. The predicted octanol–water partition coefficient (Wildman–Crippen LogP) is 1.99. The van der Waals surface area contributed by atoms with Crippen molar-refractivity contribution in [3.05, 3.63) is 42.5 Å². The number of alkyl halides is 2. The van der Waals surface area contributed by atoms with Crippen LogP contribution in [0.5, 0.6) is 0 Å². The monoisotopic (exact) mass is 318 g/mol. The molecular weight excluding hydrogens is 306 g/mol. The van der Waals surface area contributed by atoms with Crippen molar-refractivity contribution in [2.24, 2.45) is 5.73 Å². The Bertz CT molecular complexity index is 863. The zero-order valence-electron chi connectivity index (χ0n) is 11.8. The zero-order chi connectivity index (χ0) is 16.4. The van der Waals surface area contributed by atoms with E-state index in [-0.39, 0.29) is 12.4 Å². The van der Waals surface area contributed by atoms with E-state index in [4.69, 9.17) is 5.73 Å². The number of hydrogen-bond acceptors (Lipinski definition) is 5. The summed E-state index contributed by atoms with van der Waals surface area (Å²) >= 11 is 0. The Hall–Kier alpha value is -3.10. The second-order valence-corrected chi connectivity index (χ2v) is 4.77. The first-order valence-electron chi connectivity index (χ1n) is 6.65. The maximum absolute atomic E-state index is 12.9. The second-order valence-electron chi connectivity index (χ2n) is 4.77. The van der Waals surface area contributed by atoms with Crippen LogP contribution in [0.3, 0.4) is 0 Å². The van der Waals surface area contributed by atoms with E-state index in [1.807, 2.05) is 0 Å². The molecule has 23 heavy (non-hydrogen) atoms. The van der Waals surface area contributed by atoms with Crippen LogP contribution in [-0.4, -0.2) is 25.7 Å². The van der Waals surface area contributed by atoms with E-state index in [1.165, 1.54) is 17.1 Å². The van der Waals surface area contributed by atoms with Crippen molar-refractivity contribution in [2.45, 2.75) is 13.0 Å². The molecule has 2 heterocycles. The van der Waals surface area contributed by atoms with Crippen molar-refractivity contribution in [3.63, 3.8) is 0 Å². The van der Waals surface area contributed by atoms with Crippen molar-refractivity contribution >= 4 is 28.3 Å². The molecule has 7 nitrogen and oxygen atoms in total. The number of nitrogens with zero attached hydrogens (tertiary/aromatic N) is 4. The van der Waals surface area contributed by atoms with Crippen LogP contribution in [0.25, 0.3) is 10.9 Å². The number of fused-ring (bicyclic) bond motifs is 1. The van der Waals surface area contributed by atoms with E-state index in [9.17, 15) is 13.6 Å². The molecule has 0 spiro atoms. The number of amides is 1. The molecule has 118 valence electrons. The molecule has 0 aliphatic heterocycles. The minimum absolute atomic E-state index is 0.0749. The smallest absolute Gasteiger partial charge is 0.297 e. The second kappa shape index (κ2) is 5.95. The lowest BCUT2D eigenvalue weighted by molar-refractivity contribution is -0.118. The fourth-order valence-corrected chi connectivity index (χ4v) is 2.10. The first-order valence-corrected chi connectivity index (χ1v) is 6.65. The van der Waals surface area contributed by atoms with Gasteiger partial charge in [-0.15, -0.1) is 0 Å². The van der Waals surface area contributed by atoms with Crippen LogP contribution in [-0.2, 0) is 11.3 Å². The van der Waals surface area contributed by atoms with Gasteiger partial charge in [0.25, 0.3) is 6.43 Å². The number of halogens is 2. The number of nitrogens with one attached hydrogen (secondary N) is 1. The van der Waals surface area contributed by atoms with E-state index < -0.39 is 18.2 Å². The number of carbonyl (C=O) groups is 1. The lowest BCUT2D eigenvalue weighted by Gasteiger charge is -2.09. The maximum Gasteiger partial charge on any atom is 0.297 e. The average molecular weight is 318 g/mol. The van der Waals surface area contributed by atoms with E-state index in [2.05, 4.69) is 20.4 Å². The van der Waals surface area contributed by atoms with Gasteiger partial charge in [-0.2, -0.15) is 5.10 Å². The van der Waals surface area contributed by atoms with Gasteiger partial charge in [-0.25, -0.2) is 18.7 Å². The highest BCUT2D eigenvalue weighted by Crippen LogP contribution is 2.26. The quantitative estimate of drug-likeness (QED) is 0.749. The molecule has 9 heteroatoms. The van der Waals surface area contributed by atoms with Gasteiger partial charge in [0.1, 0.15) is 12.4 Å². The number of hydrogen-bond donors (Lipinski definition) is 2. The van der Waals surface area contributed by atoms with Gasteiger partial charge in [-0.05, 0) is 12.1 Å². The number of benzene rings is 1. The number of rotatable bonds is 5. The van der Waals surface area contributed by atoms with Crippen molar-refractivity contribution in [1.82, 2.24) is 19.7 Å². The number of nitrogens with two attached hydrogens (primary N) is 1. The molecule has 0 unspecified atom stereocenters. The van der Waals surface area contributed by atoms with Crippen LogP contribution in [0.2, 0.25) is 0 Å². The molecular formula is C14H12F2N6O. The molecule has 3 rings (SSSR count). The van der Waals surface area contributed by atoms with Crippen LogP contribution in [0.15, 0.2) is 36.7 Å². The minimum Gasteiger partial charge on any atom is -0.368 e. The Morgan fingerprint density at radius 3 is 2.83 bits per heavy atom. The summed E-state index contributed by atoms with van der Waals surface area (Å²) in [6, 6.07) is 6.82. The summed E-state index contributed by atoms with van der Waals surface area (Å²) in [5, 5.41) is 7.46. The number of anilines is 2. The van der Waals surface area contributed by atoms with Crippen molar-refractivity contribution < 1.29 is 13.6 Å². The normalized spacial score (nSPS) is 11.1. The summed E-state index contributed by atoms with van der Waals surface area (Å²) in [5.41, 5.74) is 5.99. The van der Waals surface area contributed by atoms with Crippen LogP contribution in [0.1, 0.15) is 12.2 Å². The van der Waals surface area contributed by atoms with Crippen molar-refractivity contribution in [1.29, 1.82) is 0 Å². The fraction of sp³-hybridized carbons (Fsp3) is 0.143. The third kappa shape index (κ3) is 3.23. The van der Waals surface area contributed by atoms with Gasteiger partial charge in [0.15, 0.2) is 5.82 Å². The molecule has 0 aliphatic carbocycles. The standard InChI is InChI=1S/C14H12F2N6O/c15-12(16)14-20-10-4-2-1-3-9(10)13(21-14)19-8-5-18-22(6-8)7-11(17)23/h1-6,12H,7H2,(H2,17,23)(H,19,20,21). The zero-order valence-corrected chi connectivity index (χ0v) is 11.8. The fourth-order valence-electron chi connectivity index (χ4n) is 2.10. The number of carbonyl (C=O) groups excluding carboxylic acids is 1. The van der Waals surface area contributed by atoms with E-state index in [0.717, 1.165) is 0 Å². The van der Waals surface area contributed by atoms with Gasteiger partial charge in [-0.3, -0.25) is 9.48 Å². The maximum atomic E-state index is 12.9. The molecule has 0 saturated heterocycles. The highest BCUT2D eigenvalue weighted by atomic mass is 19.3. The number of para-hydroxylation sites is 1. The molecule has 3 aromatic rings. The highest BCUT2D eigenvalue weighted by molar-refractivity contribution is 5.90. The summed E-state index contributed by atoms with van der Waals surface area (Å²) in [5.74, 6) is -0.854. The predicted molar refractivity (Wildman–Crippen MR) is 79.2 cm³/mol. The molecule has 0 atom stereocenters. The van der Waals surface area contributed by atoms with Crippen LogP contribution >= 0.6 is 0 Å². The Morgan fingerprint density at radius 2 is 2.09 bits per heavy atom. The highest BCUT2D eigenvalue weighted by Gasteiger charge is 2.15. The summed E-state index contributed by atoms with van der Waals surface area (Å²) in [6.07, 6.45) is 0.198. The van der Waals surface area contributed by atoms with Crippen LogP contribution in [0.4, 0.5) is 20.3 Å². The van der Waals surface area contributed by atoms with Crippen LogP contribution in [0, 0.1) is 0 Å². The van der Waals surface area contributed by atoms with E-state index in [0.29, 0.717) is 16.6 Å². The van der Waals surface area contributed by atoms with Gasteiger partial charge in [0, 0.05) is 11.6 Å². The molecule has 1 amide bonds. The summed E-state index contributed by atoms with van der Waals surface area (Å²) in [7, 11) is 0. The van der Waals surface area contributed by atoms with E-state index in [1.54, 1.807) is 24.3 Å². The van der Waals surface area contributed by atoms with Gasteiger partial charge in [0.05, 0.1) is 17.4 Å². The topological polar surface area (TPSA) is 98.7 Å². The molecule has 0 bridgehead atoms. The number of primary amides is 1. The van der Waals surface area contributed by atoms with Crippen molar-refractivity contribution in [3.8, 4) is 0 Å². The average Bonchev–Trinajstić information content (AvgIpc) is 2.93. The SMILES string of the molecule is NC(=O)Cn1cc(Nc2nc(C(F)F)nc3ccccc23)cn1. The summed E-state index contributed by atoms with van der Waals surface area (Å²) in [4.78, 5) is 18.6. The lowest BCUT2D eigenvalue weighted by atomic mass is 10.2. The molecule has 2 aromatic heterocycles.